The Balaban J connectivity index is 3.39. The van der Waals surface area contributed by atoms with E-state index in [4.69, 9.17) is 40.9 Å². The maximum atomic E-state index is 8.78. The summed E-state index contributed by atoms with van der Waals surface area (Å²) in [6.07, 6.45) is 0. The van der Waals surface area contributed by atoms with Gasteiger partial charge in [0.25, 0.3) is 17.4 Å². The fraction of sp³-hybridized carbons (Fsp3) is 0.600. The maximum Gasteiger partial charge on any atom is 0.290 e. The van der Waals surface area contributed by atoms with E-state index >= 15 is 0 Å². The molecule has 0 aromatic rings. The van der Waals surface area contributed by atoms with Crippen LogP contribution < -0.4 is 0 Å². The lowest BCUT2D eigenvalue weighted by atomic mass is 10.0. The summed E-state index contributed by atoms with van der Waals surface area (Å²) in [6.45, 7) is 0. The molecule has 0 atom stereocenters. The summed E-state index contributed by atoms with van der Waals surface area (Å²) < 4.78 is 0. The van der Waals surface area contributed by atoms with E-state index in [-0.39, 0.29) is 0 Å². The molecule has 76 valence electrons. The molecule has 0 aliphatic heterocycles. The Labute approximate surface area is 70.9 Å². The van der Waals surface area contributed by atoms with Crippen molar-refractivity contribution >= 4 is 0 Å². The fourth-order valence-electron chi connectivity index (χ4n) is 0.903. The van der Waals surface area contributed by atoms with Crippen LogP contribution in [0.2, 0.25) is 0 Å². The van der Waals surface area contributed by atoms with Crippen LogP contribution in [0.4, 0.5) is 0 Å². The zero-order chi connectivity index (χ0) is 10.7. The van der Waals surface area contributed by atoms with E-state index in [0.717, 1.165) is 0 Å². The Hall–Kier alpha value is -0.900. The Morgan fingerprint density at radius 2 is 0.846 bits per heavy atom. The minimum absolute atomic E-state index is 1.75. The third kappa shape index (κ3) is 0.839. The quantitative estimate of drug-likeness (QED) is 0.184. The molecule has 0 heterocycles. The summed E-state index contributed by atoms with van der Waals surface area (Å²) >= 11 is 0. The second-order valence-corrected chi connectivity index (χ2v) is 2.71. The molecule has 0 unspecified atom stereocenters. The lowest BCUT2D eigenvalue weighted by Gasteiger charge is -2.33. The van der Waals surface area contributed by atoms with E-state index in [1.807, 2.05) is 0 Å². The molecule has 0 bridgehead atoms. The van der Waals surface area contributed by atoms with Crippen molar-refractivity contribution in [2.75, 3.05) is 0 Å². The Morgan fingerprint density at radius 1 is 0.615 bits per heavy atom. The predicted molar refractivity (Wildman–Crippen MR) is 33.8 cm³/mol. The van der Waals surface area contributed by atoms with Gasteiger partial charge in [-0.1, -0.05) is 0 Å². The average Bonchev–Trinajstić information content (AvgIpc) is 2.05. The molecule has 13 heavy (non-hydrogen) atoms. The minimum atomic E-state index is -3.92. The van der Waals surface area contributed by atoms with Gasteiger partial charge in [0.2, 0.25) is 11.5 Å². The van der Waals surface area contributed by atoms with Gasteiger partial charge in [-0.05, 0) is 0 Å². The highest BCUT2D eigenvalue weighted by Gasteiger charge is 2.73. The van der Waals surface area contributed by atoms with Crippen LogP contribution in [0, 0.1) is 0 Å². The monoisotopic (exact) mass is 196 g/mol. The maximum absolute atomic E-state index is 8.78. The topological polar surface area (TPSA) is 162 Å². The van der Waals surface area contributed by atoms with Gasteiger partial charge in [-0.2, -0.15) is 0 Å². The number of aliphatic hydroxyl groups excluding tert-OH is 2. The van der Waals surface area contributed by atoms with E-state index in [1.54, 1.807) is 0 Å². The molecule has 1 aliphatic carbocycles. The largest absolute Gasteiger partial charge is 0.504 e. The average molecular weight is 196 g/mol. The van der Waals surface area contributed by atoms with Gasteiger partial charge in [0.1, 0.15) is 0 Å². The molecular weight excluding hydrogens is 188 g/mol. The van der Waals surface area contributed by atoms with Crippen LogP contribution in [-0.2, 0) is 0 Å². The van der Waals surface area contributed by atoms with Gasteiger partial charge in [-0.25, -0.2) is 0 Å². The SMILES string of the molecule is OC1=C(O)C(O)(O)C(O)(O)C1(O)O. The number of hydrogen-bond donors (Lipinski definition) is 8. The summed E-state index contributed by atoms with van der Waals surface area (Å²) in [6, 6.07) is 0. The smallest absolute Gasteiger partial charge is 0.290 e. The first kappa shape index (κ1) is 10.2. The summed E-state index contributed by atoms with van der Waals surface area (Å²) in [5.41, 5.74) is 0. The summed E-state index contributed by atoms with van der Waals surface area (Å²) in [5.74, 6) is -14.9. The molecule has 0 aromatic carbocycles. The van der Waals surface area contributed by atoms with Crippen molar-refractivity contribution < 1.29 is 40.9 Å². The number of hydrogen-bond acceptors (Lipinski definition) is 8. The Morgan fingerprint density at radius 3 is 0.923 bits per heavy atom. The first-order valence-electron chi connectivity index (χ1n) is 3.04. The van der Waals surface area contributed by atoms with E-state index < -0.39 is 28.9 Å². The van der Waals surface area contributed by atoms with Crippen LogP contribution in [0.5, 0.6) is 0 Å². The molecule has 0 saturated carbocycles. The predicted octanol–water partition coefficient (Wildman–Crippen LogP) is -3.63. The highest BCUT2D eigenvalue weighted by Crippen LogP contribution is 2.43. The van der Waals surface area contributed by atoms with Gasteiger partial charge in [-0.3, -0.25) is 0 Å². The van der Waals surface area contributed by atoms with Crippen LogP contribution in [0.15, 0.2) is 11.5 Å². The van der Waals surface area contributed by atoms with Crippen molar-refractivity contribution in [2.45, 2.75) is 17.4 Å². The lowest BCUT2D eigenvalue weighted by Crippen LogP contribution is -2.64. The van der Waals surface area contributed by atoms with Crippen molar-refractivity contribution in [3.05, 3.63) is 11.5 Å². The first-order valence-corrected chi connectivity index (χ1v) is 3.04. The van der Waals surface area contributed by atoms with E-state index in [1.165, 1.54) is 0 Å². The van der Waals surface area contributed by atoms with Gasteiger partial charge in [0, 0.05) is 0 Å². The molecule has 0 amide bonds. The second-order valence-electron chi connectivity index (χ2n) is 2.71. The van der Waals surface area contributed by atoms with Crippen molar-refractivity contribution in [3.8, 4) is 0 Å². The molecule has 8 nitrogen and oxygen atoms in total. The number of rotatable bonds is 0. The van der Waals surface area contributed by atoms with Gasteiger partial charge in [0.05, 0.1) is 0 Å². The highest BCUT2D eigenvalue weighted by molar-refractivity contribution is 5.30. The molecule has 0 spiro atoms. The fourth-order valence-corrected chi connectivity index (χ4v) is 0.903. The van der Waals surface area contributed by atoms with Crippen molar-refractivity contribution in [3.63, 3.8) is 0 Å². The number of aliphatic hydroxyl groups is 8. The molecule has 0 saturated heterocycles. The van der Waals surface area contributed by atoms with E-state index in [0.29, 0.717) is 0 Å². The molecule has 1 rings (SSSR count). The molecule has 8 heteroatoms. The molecule has 0 radical (unpaired) electrons. The van der Waals surface area contributed by atoms with Crippen molar-refractivity contribution in [2.24, 2.45) is 0 Å². The van der Waals surface area contributed by atoms with Crippen LogP contribution in [0.1, 0.15) is 0 Å². The van der Waals surface area contributed by atoms with Crippen LogP contribution in [0.25, 0.3) is 0 Å². The van der Waals surface area contributed by atoms with Crippen LogP contribution in [-0.4, -0.2) is 58.2 Å². The molecule has 0 aromatic heterocycles. The van der Waals surface area contributed by atoms with E-state index in [9.17, 15) is 0 Å². The summed E-state index contributed by atoms with van der Waals surface area (Å²) in [4.78, 5) is 0. The van der Waals surface area contributed by atoms with Crippen LogP contribution in [0.3, 0.4) is 0 Å². The van der Waals surface area contributed by atoms with Gasteiger partial charge >= 0.3 is 0 Å². The Bertz CT molecular complexity index is 248. The molecule has 1 aliphatic rings. The Kier molecular flexibility index (Phi) is 1.66. The molecule has 0 fully saturated rings. The van der Waals surface area contributed by atoms with Crippen molar-refractivity contribution in [1.29, 1.82) is 0 Å². The highest BCUT2D eigenvalue weighted by atomic mass is 16.7. The zero-order valence-electron chi connectivity index (χ0n) is 6.08. The summed E-state index contributed by atoms with van der Waals surface area (Å²) in [7, 11) is 0. The molecular formula is C5H8O8. The minimum Gasteiger partial charge on any atom is -0.504 e. The third-order valence-corrected chi connectivity index (χ3v) is 1.86. The third-order valence-electron chi connectivity index (χ3n) is 1.86. The second kappa shape index (κ2) is 2.12. The lowest BCUT2D eigenvalue weighted by molar-refractivity contribution is -0.422. The van der Waals surface area contributed by atoms with Gasteiger partial charge < -0.3 is 40.9 Å². The molecule has 8 N–H and O–H groups in total. The van der Waals surface area contributed by atoms with Gasteiger partial charge in [-0.15, -0.1) is 0 Å². The van der Waals surface area contributed by atoms with Gasteiger partial charge in [0.15, 0.2) is 0 Å². The van der Waals surface area contributed by atoms with E-state index in [2.05, 4.69) is 0 Å². The zero-order valence-corrected chi connectivity index (χ0v) is 6.08. The standard InChI is InChI=1S/C5H8O8/c6-1-2(7)4(10,11)5(12,13)3(1,8)9/h6-13H. The van der Waals surface area contributed by atoms with Crippen LogP contribution >= 0.6 is 0 Å². The normalized spacial score (nSPS) is 29.4. The van der Waals surface area contributed by atoms with Crippen molar-refractivity contribution in [1.82, 2.24) is 0 Å². The first-order chi connectivity index (χ1) is 5.57. The summed E-state index contributed by atoms with van der Waals surface area (Å²) in [5, 5.41) is 70.0.